The van der Waals surface area contributed by atoms with Crippen molar-refractivity contribution in [2.45, 2.75) is 19.9 Å². The molecule has 5 nitrogen and oxygen atoms in total. The molecule has 0 aliphatic rings. The third kappa shape index (κ3) is 3.46. The van der Waals surface area contributed by atoms with Gasteiger partial charge in [0.25, 0.3) is 0 Å². The summed E-state index contributed by atoms with van der Waals surface area (Å²) in [6.07, 6.45) is 0.256. The normalized spacial score (nSPS) is 10.8. The third-order valence-electron chi connectivity index (χ3n) is 3.72. The van der Waals surface area contributed by atoms with Crippen LogP contribution in [0.25, 0.3) is 10.9 Å². The molecule has 0 radical (unpaired) electrons. The minimum absolute atomic E-state index is 0.0382. The molecular weight excluding hydrogens is 326 g/mol. The molecule has 1 amide bonds. The lowest BCUT2D eigenvalue weighted by Gasteiger charge is -2.07. The molecule has 0 unspecified atom stereocenters. The number of rotatable bonds is 5. The molecule has 6 heteroatoms. The van der Waals surface area contributed by atoms with E-state index < -0.39 is 0 Å². The average Bonchev–Trinajstić information content (AvgIpc) is 2.90. The first kappa shape index (κ1) is 16.2. The average molecular weight is 342 g/mol. The van der Waals surface area contributed by atoms with Gasteiger partial charge in [-0.25, -0.2) is 0 Å². The maximum Gasteiger partial charge on any atom is 0.226 e. The van der Waals surface area contributed by atoms with Crippen LogP contribution in [0.2, 0.25) is 5.15 Å². The number of benzene rings is 2. The highest BCUT2D eigenvalue weighted by atomic mass is 35.5. The van der Waals surface area contributed by atoms with Gasteiger partial charge in [-0.2, -0.15) is 5.10 Å². The van der Waals surface area contributed by atoms with Crippen LogP contribution in [0, 0.1) is 0 Å². The van der Waals surface area contributed by atoms with Crippen LogP contribution in [-0.4, -0.2) is 21.5 Å². The number of aromatic nitrogens is 2. The quantitative estimate of drug-likeness (QED) is 0.715. The highest BCUT2D eigenvalue weighted by Crippen LogP contribution is 2.22. The van der Waals surface area contributed by atoms with Gasteiger partial charge in [0.05, 0.1) is 12.1 Å². The summed E-state index contributed by atoms with van der Waals surface area (Å²) in [5.41, 5.74) is 2.07. The second kappa shape index (κ2) is 6.84. The fourth-order valence-corrected chi connectivity index (χ4v) is 2.76. The van der Waals surface area contributed by atoms with Crippen molar-refractivity contribution >= 4 is 39.9 Å². The van der Waals surface area contributed by atoms with Crippen LogP contribution < -0.4 is 5.32 Å². The van der Waals surface area contributed by atoms with Crippen LogP contribution in [-0.2, 0) is 11.3 Å². The number of para-hydroxylation sites is 1. The lowest BCUT2D eigenvalue weighted by atomic mass is 10.1. The van der Waals surface area contributed by atoms with Crippen LogP contribution in [0.1, 0.15) is 23.7 Å². The summed E-state index contributed by atoms with van der Waals surface area (Å²) in [5.74, 6) is -0.185. The Labute approximate surface area is 144 Å². The number of nitrogens with one attached hydrogen (secondary N) is 1. The molecule has 1 aromatic heterocycles. The van der Waals surface area contributed by atoms with Crippen molar-refractivity contribution in [3.8, 4) is 0 Å². The molecule has 0 saturated heterocycles. The second-order valence-corrected chi connectivity index (χ2v) is 5.82. The second-order valence-electron chi connectivity index (χ2n) is 5.47. The predicted octanol–water partition coefficient (Wildman–Crippen LogP) is 3.92. The van der Waals surface area contributed by atoms with Crippen LogP contribution in [0.15, 0.2) is 48.5 Å². The highest BCUT2D eigenvalue weighted by Gasteiger charge is 2.10. The Morgan fingerprint density at radius 1 is 1.17 bits per heavy atom. The number of carbonyl (C=O) groups excluding carboxylic acids is 2. The van der Waals surface area contributed by atoms with E-state index in [9.17, 15) is 9.59 Å². The monoisotopic (exact) mass is 341 g/mol. The molecule has 0 bridgehead atoms. The zero-order valence-electron chi connectivity index (χ0n) is 13.1. The number of hydrogen-bond acceptors (Lipinski definition) is 3. The molecule has 0 atom stereocenters. The first-order valence-electron chi connectivity index (χ1n) is 7.56. The standard InChI is InChI=1S/C18H16ClN3O2/c1-12(23)13-5-4-6-14(11-13)20-17(24)9-10-22-16-8-3-2-7-15(16)18(19)21-22/h2-8,11H,9-10H2,1H3,(H,20,24). The van der Waals surface area contributed by atoms with E-state index in [0.717, 1.165) is 10.9 Å². The predicted molar refractivity (Wildman–Crippen MR) is 94.4 cm³/mol. The van der Waals surface area contributed by atoms with Gasteiger partial charge in [-0.05, 0) is 31.2 Å². The Morgan fingerprint density at radius 3 is 2.75 bits per heavy atom. The Kier molecular flexibility index (Phi) is 4.62. The molecule has 0 aliphatic carbocycles. The summed E-state index contributed by atoms with van der Waals surface area (Å²) in [7, 11) is 0. The zero-order chi connectivity index (χ0) is 17.1. The van der Waals surface area contributed by atoms with Crippen LogP contribution >= 0.6 is 11.6 Å². The summed E-state index contributed by atoms with van der Waals surface area (Å²) >= 11 is 6.11. The van der Waals surface area contributed by atoms with Crippen molar-refractivity contribution in [3.63, 3.8) is 0 Å². The number of carbonyl (C=O) groups is 2. The Hall–Kier alpha value is -2.66. The van der Waals surface area contributed by atoms with E-state index in [1.54, 1.807) is 28.9 Å². The van der Waals surface area contributed by atoms with Gasteiger partial charge in [-0.3, -0.25) is 14.3 Å². The van der Waals surface area contributed by atoms with E-state index in [2.05, 4.69) is 10.4 Å². The Bertz CT molecular complexity index is 918. The maximum absolute atomic E-state index is 12.1. The highest BCUT2D eigenvalue weighted by molar-refractivity contribution is 6.34. The minimum atomic E-state index is -0.147. The summed E-state index contributed by atoms with van der Waals surface area (Å²) < 4.78 is 1.73. The summed E-state index contributed by atoms with van der Waals surface area (Å²) in [4.78, 5) is 23.5. The van der Waals surface area contributed by atoms with Crippen molar-refractivity contribution < 1.29 is 9.59 Å². The van der Waals surface area contributed by atoms with Gasteiger partial charge in [-0.15, -0.1) is 0 Å². The van der Waals surface area contributed by atoms with Gasteiger partial charge in [0, 0.05) is 23.1 Å². The number of hydrogen-bond donors (Lipinski definition) is 1. The van der Waals surface area contributed by atoms with Crippen LogP contribution in [0.4, 0.5) is 5.69 Å². The van der Waals surface area contributed by atoms with Crippen molar-refractivity contribution in [3.05, 3.63) is 59.2 Å². The van der Waals surface area contributed by atoms with Crippen LogP contribution in [0.5, 0.6) is 0 Å². The molecule has 0 fully saturated rings. The Balaban J connectivity index is 1.67. The first-order valence-corrected chi connectivity index (χ1v) is 7.94. The molecule has 122 valence electrons. The molecule has 0 spiro atoms. The van der Waals surface area contributed by atoms with Crippen molar-refractivity contribution in [2.24, 2.45) is 0 Å². The van der Waals surface area contributed by atoms with Gasteiger partial charge in [0.15, 0.2) is 10.9 Å². The summed E-state index contributed by atoms with van der Waals surface area (Å²) in [6, 6.07) is 14.5. The van der Waals surface area contributed by atoms with Gasteiger partial charge in [0.2, 0.25) is 5.91 Å². The van der Waals surface area contributed by atoms with E-state index in [4.69, 9.17) is 11.6 Å². The Morgan fingerprint density at radius 2 is 1.96 bits per heavy atom. The van der Waals surface area contributed by atoms with Crippen molar-refractivity contribution in [2.75, 3.05) is 5.32 Å². The lowest BCUT2D eigenvalue weighted by Crippen LogP contribution is -2.15. The summed E-state index contributed by atoms with van der Waals surface area (Å²) in [5, 5.41) is 8.36. The smallest absolute Gasteiger partial charge is 0.226 e. The van der Waals surface area contributed by atoms with Crippen molar-refractivity contribution in [1.82, 2.24) is 9.78 Å². The molecular formula is C18H16ClN3O2. The molecule has 3 aromatic rings. The number of Topliss-reactive ketones (excluding diaryl/α,β-unsaturated/α-hetero) is 1. The van der Waals surface area contributed by atoms with E-state index in [-0.39, 0.29) is 18.1 Å². The van der Waals surface area contributed by atoms with Gasteiger partial charge >= 0.3 is 0 Å². The van der Waals surface area contributed by atoms with Crippen molar-refractivity contribution in [1.29, 1.82) is 0 Å². The van der Waals surface area contributed by atoms with E-state index >= 15 is 0 Å². The minimum Gasteiger partial charge on any atom is -0.326 e. The fraction of sp³-hybridized carbons (Fsp3) is 0.167. The number of anilines is 1. The van der Waals surface area contributed by atoms with E-state index in [0.29, 0.717) is 22.9 Å². The number of nitrogens with zero attached hydrogens (tertiary/aromatic N) is 2. The number of fused-ring (bicyclic) bond motifs is 1. The summed E-state index contributed by atoms with van der Waals surface area (Å²) in [6.45, 7) is 1.92. The molecule has 2 aromatic carbocycles. The molecule has 0 aliphatic heterocycles. The lowest BCUT2D eigenvalue weighted by molar-refractivity contribution is -0.116. The van der Waals surface area contributed by atoms with Gasteiger partial charge in [0.1, 0.15) is 0 Å². The number of halogens is 1. The first-order chi connectivity index (χ1) is 11.5. The van der Waals surface area contributed by atoms with E-state index in [1.165, 1.54) is 6.92 Å². The van der Waals surface area contributed by atoms with E-state index in [1.807, 2.05) is 24.3 Å². The molecule has 3 rings (SSSR count). The number of aryl methyl sites for hydroxylation is 1. The number of ketones is 1. The largest absolute Gasteiger partial charge is 0.326 e. The maximum atomic E-state index is 12.1. The zero-order valence-corrected chi connectivity index (χ0v) is 13.9. The number of amides is 1. The fourth-order valence-electron chi connectivity index (χ4n) is 2.50. The molecule has 1 heterocycles. The molecule has 24 heavy (non-hydrogen) atoms. The third-order valence-corrected chi connectivity index (χ3v) is 4.00. The molecule has 0 saturated carbocycles. The van der Waals surface area contributed by atoms with Crippen LogP contribution in [0.3, 0.4) is 0 Å². The SMILES string of the molecule is CC(=O)c1cccc(NC(=O)CCn2nc(Cl)c3ccccc32)c1. The van der Waals surface area contributed by atoms with Gasteiger partial charge in [-0.1, -0.05) is 35.9 Å². The molecule has 1 N–H and O–H groups in total. The van der Waals surface area contributed by atoms with Gasteiger partial charge < -0.3 is 5.32 Å². The topological polar surface area (TPSA) is 64.0 Å².